The number of rotatable bonds is 3. The average Bonchev–Trinajstić information content (AvgIpc) is 2.32. The lowest BCUT2D eigenvalue weighted by molar-refractivity contribution is 0.327. The van der Waals surface area contributed by atoms with Crippen molar-refractivity contribution in [3.63, 3.8) is 0 Å². The summed E-state index contributed by atoms with van der Waals surface area (Å²) in [5.41, 5.74) is 0. The maximum atomic E-state index is 6.19. The first kappa shape index (κ1) is 10.1. The van der Waals surface area contributed by atoms with Crippen LogP contribution in [0.15, 0.2) is 12.2 Å². The normalized spacial score (nSPS) is 21.7. The molecule has 0 aromatic rings. The maximum Gasteiger partial charge on any atom is 0.0393 e. The highest BCUT2D eigenvalue weighted by Gasteiger charge is 2.24. The van der Waals surface area contributed by atoms with Gasteiger partial charge in [-0.15, -0.1) is 11.6 Å². The first-order valence-electron chi connectivity index (χ1n) is 4.83. The molecule has 0 spiro atoms. The third kappa shape index (κ3) is 3.18. The molecule has 0 bridgehead atoms. The van der Waals surface area contributed by atoms with E-state index in [-0.39, 0.29) is 4.87 Å². The van der Waals surface area contributed by atoms with Gasteiger partial charge in [-0.25, -0.2) is 0 Å². The third-order valence-corrected chi connectivity index (χ3v) is 2.81. The van der Waals surface area contributed by atoms with Crippen LogP contribution < -0.4 is 0 Å². The molecule has 0 N–H and O–H groups in total. The molecule has 12 heavy (non-hydrogen) atoms. The number of allylic oxidation sites excluding steroid dienone is 2. The van der Waals surface area contributed by atoms with Gasteiger partial charge < -0.3 is 0 Å². The van der Waals surface area contributed by atoms with E-state index in [1.165, 1.54) is 12.8 Å². The van der Waals surface area contributed by atoms with E-state index in [1.54, 1.807) is 0 Å². The van der Waals surface area contributed by atoms with Crippen LogP contribution in [-0.4, -0.2) is 4.87 Å². The number of alkyl halides is 1. The molecule has 1 atom stereocenters. The lowest BCUT2D eigenvalue weighted by Gasteiger charge is -2.25. The molecule has 0 aliphatic heterocycles. The second kappa shape index (κ2) is 3.83. The summed E-state index contributed by atoms with van der Waals surface area (Å²) in [6, 6.07) is 0. The molecule has 1 unspecified atom stereocenters. The van der Waals surface area contributed by atoms with E-state index in [1.807, 2.05) is 0 Å². The standard InChI is InChI=1S/C11H19Cl/c1-9(8-11(2,3)12)10-6-4-5-7-10/h4-5,9-10H,6-8H2,1-3H3. The summed E-state index contributed by atoms with van der Waals surface area (Å²) in [4.78, 5) is -0.0258. The minimum Gasteiger partial charge on any atom is -0.120 e. The van der Waals surface area contributed by atoms with Crippen LogP contribution >= 0.6 is 11.6 Å². The Morgan fingerprint density at radius 2 is 1.92 bits per heavy atom. The molecule has 70 valence electrons. The quantitative estimate of drug-likeness (QED) is 0.462. The Labute approximate surface area is 81.0 Å². The molecule has 0 heterocycles. The molecule has 0 radical (unpaired) electrons. The first-order valence-corrected chi connectivity index (χ1v) is 5.21. The largest absolute Gasteiger partial charge is 0.120 e. The average molecular weight is 187 g/mol. The van der Waals surface area contributed by atoms with Crippen LogP contribution in [-0.2, 0) is 0 Å². The molecule has 0 saturated heterocycles. The molecule has 1 aliphatic rings. The molecule has 0 saturated carbocycles. The highest BCUT2D eigenvalue weighted by Crippen LogP contribution is 2.33. The highest BCUT2D eigenvalue weighted by molar-refractivity contribution is 6.23. The zero-order chi connectivity index (χ0) is 9.19. The number of hydrogen-bond donors (Lipinski definition) is 0. The molecule has 0 nitrogen and oxygen atoms in total. The monoisotopic (exact) mass is 186 g/mol. The lowest BCUT2D eigenvalue weighted by Crippen LogP contribution is -2.19. The van der Waals surface area contributed by atoms with Gasteiger partial charge in [0, 0.05) is 4.87 Å². The van der Waals surface area contributed by atoms with Crippen LogP contribution in [0.4, 0.5) is 0 Å². The van der Waals surface area contributed by atoms with E-state index in [9.17, 15) is 0 Å². The van der Waals surface area contributed by atoms with Crippen molar-refractivity contribution >= 4 is 11.6 Å². The maximum absolute atomic E-state index is 6.19. The predicted molar refractivity (Wildman–Crippen MR) is 55.6 cm³/mol. The Morgan fingerprint density at radius 1 is 1.42 bits per heavy atom. The minimum atomic E-state index is -0.0258. The van der Waals surface area contributed by atoms with Gasteiger partial charge in [-0.2, -0.15) is 0 Å². The molecule has 1 aliphatic carbocycles. The van der Waals surface area contributed by atoms with E-state index in [4.69, 9.17) is 11.6 Å². The van der Waals surface area contributed by atoms with Crippen molar-refractivity contribution in [2.45, 2.75) is 44.9 Å². The summed E-state index contributed by atoms with van der Waals surface area (Å²) in [5, 5.41) is 0. The van der Waals surface area contributed by atoms with E-state index in [2.05, 4.69) is 32.9 Å². The molecular weight excluding hydrogens is 168 g/mol. The summed E-state index contributed by atoms with van der Waals surface area (Å²) in [5.74, 6) is 1.61. The Balaban J connectivity index is 2.33. The molecule has 0 fully saturated rings. The van der Waals surface area contributed by atoms with Gasteiger partial charge in [0.15, 0.2) is 0 Å². The summed E-state index contributed by atoms with van der Waals surface area (Å²) < 4.78 is 0. The van der Waals surface area contributed by atoms with Crippen molar-refractivity contribution < 1.29 is 0 Å². The van der Waals surface area contributed by atoms with Crippen LogP contribution in [0.1, 0.15) is 40.0 Å². The van der Waals surface area contributed by atoms with Crippen LogP contribution in [0.5, 0.6) is 0 Å². The van der Waals surface area contributed by atoms with Gasteiger partial charge in [0.2, 0.25) is 0 Å². The number of halogens is 1. The van der Waals surface area contributed by atoms with Gasteiger partial charge in [-0.3, -0.25) is 0 Å². The van der Waals surface area contributed by atoms with Gasteiger partial charge in [0.25, 0.3) is 0 Å². The predicted octanol–water partition coefficient (Wildman–Crippen LogP) is 4.00. The first-order chi connectivity index (χ1) is 5.49. The molecule has 0 aromatic carbocycles. The summed E-state index contributed by atoms with van der Waals surface area (Å²) in [7, 11) is 0. The van der Waals surface area contributed by atoms with Crippen molar-refractivity contribution in [1.82, 2.24) is 0 Å². The van der Waals surface area contributed by atoms with Gasteiger partial charge >= 0.3 is 0 Å². The van der Waals surface area contributed by atoms with Crippen LogP contribution in [0, 0.1) is 11.8 Å². The Morgan fingerprint density at radius 3 is 2.33 bits per heavy atom. The fourth-order valence-electron chi connectivity index (χ4n) is 2.04. The topological polar surface area (TPSA) is 0 Å². The zero-order valence-electron chi connectivity index (χ0n) is 8.31. The van der Waals surface area contributed by atoms with Crippen molar-refractivity contribution in [3.8, 4) is 0 Å². The lowest BCUT2D eigenvalue weighted by atomic mass is 9.85. The zero-order valence-corrected chi connectivity index (χ0v) is 9.06. The van der Waals surface area contributed by atoms with Gasteiger partial charge in [-0.1, -0.05) is 19.1 Å². The van der Waals surface area contributed by atoms with Crippen molar-refractivity contribution in [3.05, 3.63) is 12.2 Å². The molecular formula is C11H19Cl. The second-order valence-electron chi connectivity index (χ2n) is 4.60. The van der Waals surface area contributed by atoms with Crippen LogP contribution in [0.3, 0.4) is 0 Å². The minimum absolute atomic E-state index is 0.0258. The summed E-state index contributed by atoms with van der Waals surface area (Å²) in [6.07, 6.45) is 8.23. The fraction of sp³-hybridized carbons (Fsp3) is 0.818. The van der Waals surface area contributed by atoms with E-state index in [0.717, 1.165) is 18.3 Å². The van der Waals surface area contributed by atoms with E-state index in [0.29, 0.717) is 0 Å². The molecule has 1 heteroatoms. The Bertz CT molecular complexity index is 156. The van der Waals surface area contributed by atoms with Crippen molar-refractivity contribution in [2.75, 3.05) is 0 Å². The second-order valence-corrected chi connectivity index (χ2v) is 5.63. The Kier molecular flexibility index (Phi) is 3.22. The Hall–Kier alpha value is 0.0300. The number of hydrogen-bond acceptors (Lipinski definition) is 0. The van der Waals surface area contributed by atoms with E-state index < -0.39 is 0 Å². The third-order valence-electron chi connectivity index (χ3n) is 2.66. The van der Waals surface area contributed by atoms with Crippen molar-refractivity contribution in [1.29, 1.82) is 0 Å². The van der Waals surface area contributed by atoms with Crippen LogP contribution in [0.25, 0.3) is 0 Å². The molecule has 0 amide bonds. The van der Waals surface area contributed by atoms with Gasteiger partial charge in [0.05, 0.1) is 0 Å². The summed E-state index contributed by atoms with van der Waals surface area (Å²) >= 11 is 6.19. The fourth-order valence-corrected chi connectivity index (χ4v) is 2.28. The smallest absolute Gasteiger partial charge is 0.0393 e. The molecule has 0 aromatic heterocycles. The SMILES string of the molecule is CC(CC(C)(C)Cl)C1CC=CC1. The van der Waals surface area contributed by atoms with Crippen molar-refractivity contribution in [2.24, 2.45) is 11.8 Å². The van der Waals surface area contributed by atoms with Crippen LogP contribution in [0.2, 0.25) is 0 Å². The van der Waals surface area contributed by atoms with Gasteiger partial charge in [-0.05, 0) is 44.9 Å². The highest BCUT2D eigenvalue weighted by atomic mass is 35.5. The molecule has 1 rings (SSSR count). The summed E-state index contributed by atoms with van der Waals surface area (Å²) in [6.45, 7) is 6.53. The van der Waals surface area contributed by atoms with Gasteiger partial charge in [0.1, 0.15) is 0 Å². The van der Waals surface area contributed by atoms with E-state index >= 15 is 0 Å².